The van der Waals surface area contributed by atoms with Gasteiger partial charge in [-0.3, -0.25) is 9.36 Å². The summed E-state index contributed by atoms with van der Waals surface area (Å²) in [5.41, 5.74) is 0.437. The molecule has 23 heavy (non-hydrogen) atoms. The number of hydrogen-bond acceptors (Lipinski definition) is 4. The lowest BCUT2D eigenvalue weighted by Gasteiger charge is -2.10. The maximum Gasteiger partial charge on any atom is 0.355 e. The zero-order valence-electron chi connectivity index (χ0n) is 12.6. The van der Waals surface area contributed by atoms with E-state index in [2.05, 4.69) is 9.97 Å². The molecule has 0 aliphatic rings. The summed E-state index contributed by atoms with van der Waals surface area (Å²) >= 11 is 0. The number of aromatic amines is 1. The quantitative estimate of drug-likeness (QED) is 0.753. The van der Waals surface area contributed by atoms with E-state index < -0.39 is 17.3 Å². The molecule has 2 heterocycles. The number of hydrogen-bond donors (Lipinski definition) is 1. The Morgan fingerprint density at radius 3 is 2.83 bits per heavy atom. The monoisotopic (exact) mass is 315 g/mol. The van der Waals surface area contributed by atoms with Crippen LogP contribution in [0.15, 0.2) is 35.4 Å². The van der Waals surface area contributed by atoms with Crippen LogP contribution in [0.2, 0.25) is 0 Å². The molecule has 1 aromatic carbocycles. The Labute approximate surface area is 130 Å². The molecule has 0 aliphatic heterocycles. The number of aryl methyl sites for hydroxylation is 1. The minimum absolute atomic E-state index is 0.0937. The van der Waals surface area contributed by atoms with Crippen LogP contribution in [0.4, 0.5) is 4.39 Å². The second-order valence-corrected chi connectivity index (χ2v) is 4.91. The fourth-order valence-corrected chi connectivity index (χ4v) is 2.60. The van der Waals surface area contributed by atoms with E-state index in [-0.39, 0.29) is 29.0 Å². The average Bonchev–Trinajstić information content (AvgIpc) is 2.82. The Morgan fingerprint density at radius 1 is 1.39 bits per heavy atom. The average molecular weight is 315 g/mol. The highest BCUT2D eigenvalue weighted by Crippen LogP contribution is 2.27. The van der Waals surface area contributed by atoms with Gasteiger partial charge in [0.05, 0.1) is 24.0 Å². The molecule has 118 valence electrons. The number of nitrogens with zero attached hydrogens (tertiary/aromatic N) is 2. The highest BCUT2D eigenvalue weighted by atomic mass is 19.1. The zero-order valence-corrected chi connectivity index (χ0v) is 12.6. The summed E-state index contributed by atoms with van der Waals surface area (Å²) in [4.78, 5) is 31.0. The number of aromatic nitrogens is 3. The largest absolute Gasteiger partial charge is 0.461 e. The topological polar surface area (TPSA) is 77.0 Å². The van der Waals surface area contributed by atoms with E-state index in [9.17, 15) is 14.0 Å². The lowest BCUT2D eigenvalue weighted by Crippen LogP contribution is -2.13. The third-order valence-corrected chi connectivity index (χ3v) is 3.56. The molecule has 0 radical (unpaired) electrons. The number of halogens is 1. The van der Waals surface area contributed by atoms with E-state index in [0.29, 0.717) is 5.56 Å². The molecular formula is C16H14FN3O3. The summed E-state index contributed by atoms with van der Waals surface area (Å²) in [5, 5.41) is 0.235. The number of carbonyl (C=O) groups is 1. The standard InChI is InChI=1S/C16H14FN3O3/c1-3-23-16(22)13-9(2)12-14(18-8-19-15(12)21)20(13)11-7-5-4-6-10(11)17/h4-8H,3H2,1-2H3,(H,18,19,21). The van der Waals surface area contributed by atoms with Crippen molar-refractivity contribution in [2.75, 3.05) is 6.61 Å². The first kappa shape index (κ1) is 15.0. The molecule has 7 heteroatoms. The van der Waals surface area contributed by atoms with Crippen LogP contribution in [-0.4, -0.2) is 27.1 Å². The maximum atomic E-state index is 14.3. The number of nitrogens with one attached hydrogen (secondary N) is 1. The van der Waals surface area contributed by atoms with Crippen molar-refractivity contribution in [3.63, 3.8) is 0 Å². The molecule has 6 nitrogen and oxygen atoms in total. The van der Waals surface area contributed by atoms with E-state index in [4.69, 9.17) is 4.74 Å². The number of carbonyl (C=O) groups excluding carboxylic acids is 1. The zero-order chi connectivity index (χ0) is 16.6. The SMILES string of the molecule is CCOC(=O)c1c(C)c2c(=O)[nH]cnc2n1-c1ccccc1F. The molecular weight excluding hydrogens is 301 g/mol. The molecule has 0 bridgehead atoms. The molecule has 1 N–H and O–H groups in total. The second kappa shape index (κ2) is 5.68. The van der Waals surface area contributed by atoms with Crippen molar-refractivity contribution in [2.45, 2.75) is 13.8 Å². The molecule has 0 amide bonds. The lowest BCUT2D eigenvalue weighted by molar-refractivity contribution is 0.0516. The summed E-state index contributed by atoms with van der Waals surface area (Å²) in [7, 11) is 0. The van der Waals surface area contributed by atoms with Crippen LogP contribution in [0.5, 0.6) is 0 Å². The fourth-order valence-electron chi connectivity index (χ4n) is 2.60. The van der Waals surface area contributed by atoms with Gasteiger partial charge in [0.25, 0.3) is 5.56 Å². The normalized spacial score (nSPS) is 10.9. The van der Waals surface area contributed by atoms with Crippen molar-refractivity contribution in [1.29, 1.82) is 0 Å². The van der Waals surface area contributed by atoms with Crippen LogP contribution in [0.25, 0.3) is 16.7 Å². The second-order valence-electron chi connectivity index (χ2n) is 4.91. The van der Waals surface area contributed by atoms with Crippen molar-refractivity contribution >= 4 is 17.0 Å². The molecule has 0 saturated carbocycles. The smallest absolute Gasteiger partial charge is 0.355 e. The van der Waals surface area contributed by atoms with Crippen LogP contribution in [0, 0.1) is 12.7 Å². The van der Waals surface area contributed by atoms with Gasteiger partial charge in [-0.1, -0.05) is 12.1 Å². The number of para-hydroxylation sites is 1. The van der Waals surface area contributed by atoms with Gasteiger partial charge in [0.2, 0.25) is 0 Å². The molecule has 0 atom stereocenters. The van der Waals surface area contributed by atoms with Crippen molar-refractivity contribution in [2.24, 2.45) is 0 Å². The number of fused-ring (bicyclic) bond motifs is 1. The van der Waals surface area contributed by atoms with E-state index in [1.807, 2.05) is 0 Å². The summed E-state index contributed by atoms with van der Waals surface area (Å²) < 4.78 is 20.6. The highest BCUT2D eigenvalue weighted by Gasteiger charge is 2.26. The molecule has 0 saturated heterocycles. The molecule has 3 rings (SSSR count). The third-order valence-electron chi connectivity index (χ3n) is 3.56. The summed E-state index contributed by atoms with van der Waals surface area (Å²) in [6.07, 6.45) is 1.22. The first-order valence-corrected chi connectivity index (χ1v) is 7.07. The van der Waals surface area contributed by atoms with Gasteiger partial charge >= 0.3 is 5.97 Å². The van der Waals surface area contributed by atoms with Gasteiger partial charge in [-0.2, -0.15) is 0 Å². The van der Waals surface area contributed by atoms with E-state index in [1.165, 1.54) is 23.0 Å². The maximum absolute atomic E-state index is 14.3. The Morgan fingerprint density at radius 2 is 2.13 bits per heavy atom. The number of rotatable bonds is 3. The summed E-state index contributed by atoms with van der Waals surface area (Å²) in [6, 6.07) is 5.97. The molecule has 2 aromatic heterocycles. The van der Waals surface area contributed by atoms with E-state index in [1.54, 1.807) is 26.0 Å². The molecule has 0 unspecified atom stereocenters. The Bertz CT molecular complexity index is 959. The van der Waals surface area contributed by atoms with E-state index in [0.717, 1.165) is 0 Å². The third kappa shape index (κ3) is 2.30. The van der Waals surface area contributed by atoms with Gasteiger partial charge in [0.1, 0.15) is 11.5 Å². The van der Waals surface area contributed by atoms with Crippen LogP contribution in [0.1, 0.15) is 23.0 Å². The number of ether oxygens (including phenoxy) is 1. The van der Waals surface area contributed by atoms with Gasteiger partial charge in [-0.25, -0.2) is 14.2 Å². The van der Waals surface area contributed by atoms with Crippen LogP contribution >= 0.6 is 0 Å². The summed E-state index contributed by atoms with van der Waals surface area (Å²) in [6.45, 7) is 3.46. The van der Waals surface area contributed by atoms with Gasteiger partial charge in [0, 0.05) is 0 Å². The Kier molecular flexibility index (Phi) is 3.69. The van der Waals surface area contributed by atoms with Gasteiger partial charge in [0.15, 0.2) is 5.65 Å². The Balaban J connectivity index is 2.46. The highest BCUT2D eigenvalue weighted by molar-refractivity contribution is 5.98. The van der Waals surface area contributed by atoms with Gasteiger partial charge in [-0.05, 0) is 31.5 Å². The first-order chi connectivity index (χ1) is 11.1. The Hall–Kier alpha value is -2.96. The van der Waals surface area contributed by atoms with E-state index >= 15 is 0 Å². The molecule has 0 fully saturated rings. The summed E-state index contributed by atoms with van der Waals surface area (Å²) in [5.74, 6) is -1.16. The number of H-pyrrole nitrogens is 1. The number of esters is 1. The first-order valence-electron chi connectivity index (χ1n) is 7.07. The van der Waals surface area contributed by atoms with Crippen LogP contribution in [-0.2, 0) is 4.74 Å². The van der Waals surface area contributed by atoms with Crippen molar-refractivity contribution in [3.05, 3.63) is 58.0 Å². The number of benzene rings is 1. The fraction of sp³-hybridized carbons (Fsp3) is 0.188. The predicted octanol–water partition coefficient (Wildman–Crippen LogP) is 2.34. The molecule has 0 aliphatic carbocycles. The lowest BCUT2D eigenvalue weighted by atomic mass is 10.2. The molecule has 3 aromatic rings. The van der Waals surface area contributed by atoms with Gasteiger partial charge in [-0.15, -0.1) is 0 Å². The molecule has 0 spiro atoms. The van der Waals surface area contributed by atoms with Crippen molar-refractivity contribution in [1.82, 2.24) is 14.5 Å². The minimum Gasteiger partial charge on any atom is -0.461 e. The van der Waals surface area contributed by atoms with Crippen molar-refractivity contribution < 1.29 is 13.9 Å². The predicted molar refractivity (Wildman–Crippen MR) is 82.3 cm³/mol. The van der Waals surface area contributed by atoms with Crippen LogP contribution in [0.3, 0.4) is 0 Å². The van der Waals surface area contributed by atoms with Gasteiger partial charge < -0.3 is 9.72 Å². The minimum atomic E-state index is -0.634. The van der Waals surface area contributed by atoms with Crippen molar-refractivity contribution in [3.8, 4) is 5.69 Å². The van der Waals surface area contributed by atoms with Crippen LogP contribution < -0.4 is 5.56 Å².